The van der Waals surface area contributed by atoms with Gasteiger partial charge in [-0.3, -0.25) is 0 Å². The van der Waals surface area contributed by atoms with E-state index >= 15 is 0 Å². The molecular weight excluding hydrogens is 196 g/mol. The zero-order valence-electron chi connectivity index (χ0n) is 11.4. The summed E-state index contributed by atoms with van der Waals surface area (Å²) in [6, 6.07) is 0.832. The standard InChI is InChI=1S/C14H30N2/c1-4-13(11-15)8-9-16(3)14-7-5-6-12(2)10-14/h12-14H,4-11,15H2,1-3H3. The molecule has 0 radical (unpaired) electrons. The molecule has 96 valence electrons. The van der Waals surface area contributed by atoms with E-state index in [1.165, 1.54) is 45.1 Å². The van der Waals surface area contributed by atoms with Gasteiger partial charge in [-0.2, -0.15) is 0 Å². The van der Waals surface area contributed by atoms with Crippen LogP contribution in [0.15, 0.2) is 0 Å². The minimum absolute atomic E-state index is 0.725. The average Bonchev–Trinajstić information content (AvgIpc) is 2.30. The predicted octanol–water partition coefficient (Wildman–Crippen LogP) is 2.87. The van der Waals surface area contributed by atoms with Crippen molar-refractivity contribution in [3.8, 4) is 0 Å². The van der Waals surface area contributed by atoms with Crippen molar-refractivity contribution in [1.82, 2.24) is 4.90 Å². The first kappa shape index (κ1) is 14.0. The normalized spacial score (nSPS) is 28.3. The molecule has 0 saturated heterocycles. The summed E-state index contributed by atoms with van der Waals surface area (Å²) in [5.74, 6) is 1.65. The molecule has 2 nitrogen and oxygen atoms in total. The van der Waals surface area contributed by atoms with Crippen molar-refractivity contribution in [2.24, 2.45) is 17.6 Å². The molecule has 0 aromatic heterocycles. The van der Waals surface area contributed by atoms with E-state index in [1.54, 1.807) is 0 Å². The molecule has 1 fully saturated rings. The number of rotatable bonds is 6. The molecule has 1 aliphatic carbocycles. The van der Waals surface area contributed by atoms with Crippen LogP contribution in [0.25, 0.3) is 0 Å². The van der Waals surface area contributed by atoms with E-state index in [1.807, 2.05) is 0 Å². The zero-order chi connectivity index (χ0) is 12.0. The van der Waals surface area contributed by atoms with E-state index in [9.17, 15) is 0 Å². The molecule has 0 aromatic carbocycles. The van der Waals surface area contributed by atoms with Crippen LogP contribution < -0.4 is 5.73 Å². The molecule has 2 heteroatoms. The molecule has 1 aliphatic rings. The Kier molecular flexibility index (Phi) is 6.37. The van der Waals surface area contributed by atoms with Gasteiger partial charge in [0.1, 0.15) is 0 Å². The molecule has 3 unspecified atom stereocenters. The van der Waals surface area contributed by atoms with Crippen molar-refractivity contribution in [1.29, 1.82) is 0 Å². The Bertz CT molecular complexity index is 178. The Labute approximate surface area is 102 Å². The molecule has 0 amide bonds. The molecule has 1 saturated carbocycles. The Morgan fingerprint density at radius 2 is 2.12 bits per heavy atom. The number of hydrogen-bond acceptors (Lipinski definition) is 2. The second-order valence-electron chi connectivity index (χ2n) is 5.70. The maximum atomic E-state index is 5.75. The van der Waals surface area contributed by atoms with Gasteiger partial charge in [-0.25, -0.2) is 0 Å². The van der Waals surface area contributed by atoms with Crippen LogP contribution in [0.1, 0.15) is 52.4 Å². The van der Waals surface area contributed by atoms with Gasteiger partial charge in [0.25, 0.3) is 0 Å². The first-order valence-corrected chi connectivity index (χ1v) is 7.07. The van der Waals surface area contributed by atoms with Crippen molar-refractivity contribution >= 4 is 0 Å². The third-order valence-corrected chi connectivity index (χ3v) is 4.33. The summed E-state index contributed by atoms with van der Waals surface area (Å²) in [5.41, 5.74) is 5.75. The highest BCUT2D eigenvalue weighted by atomic mass is 15.1. The summed E-state index contributed by atoms with van der Waals surface area (Å²) in [4.78, 5) is 2.58. The molecule has 2 N–H and O–H groups in total. The van der Waals surface area contributed by atoms with E-state index in [-0.39, 0.29) is 0 Å². The van der Waals surface area contributed by atoms with E-state index < -0.39 is 0 Å². The number of nitrogens with two attached hydrogens (primary N) is 1. The SMILES string of the molecule is CCC(CN)CCN(C)C1CCCC(C)C1. The van der Waals surface area contributed by atoms with Gasteiger partial charge in [-0.1, -0.05) is 33.1 Å². The lowest BCUT2D eigenvalue weighted by molar-refractivity contribution is 0.155. The van der Waals surface area contributed by atoms with Crippen molar-refractivity contribution in [3.63, 3.8) is 0 Å². The smallest absolute Gasteiger partial charge is 0.00947 e. The molecule has 1 rings (SSSR count). The van der Waals surface area contributed by atoms with Crippen molar-refractivity contribution in [2.75, 3.05) is 20.1 Å². The highest BCUT2D eigenvalue weighted by Crippen LogP contribution is 2.26. The van der Waals surface area contributed by atoms with Gasteiger partial charge in [0.05, 0.1) is 0 Å². The summed E-state index contributed by atoms with van der Waals surface area (Å²) >= 11 is 0. The fourth-order valence-corrected chi connectivity index (χ4v) is 2.86. The second kappa shape index (κ2) is 7.29. The van der Waals surface area contributed by atoms with Crippen molar-refractivity contribution in [2.45, 2.75) is 58.4 Å². The lowest BCUT2D eigenvalue weighted by Gasteiger charge is -2.34. The molecule has 0 bridgehead atoms. The molecule has 0 heterocycles. The lowest BCUT2D eigenvalue weighted by Crippen LogP contribution is -2.37. The fourth-order valence-electron chi connectivity index (χ4n) is 2.86. The highest BCUT2D eigenvalue weighted by molar-refractivity contribution is 4.77. The first-order valence-electron chi connectivity index (χ1n) is 7.07. The fraction of sp³-hybridized carbons (Fsp3) is 1.00. The topological polar surface area (TPSA) is 29.3 Å². The highest BCUT2D eigenvalue weighted by Gasteiger charge is 2.22. The quantitative estimate of drug-likeness (QED) is 0.754. The Balaban J connectivity index is 2.25. The van der Waals surface area contributed by atoms with E-state index in [0.717, 1.165) is 24.4 Å². The monoisotopic (exact) mass is 226 g/mol. The van der Waals surface area contributed by atoms with Gasteiger partial charge in [-0.15, -0.1) is 0 Å². The maximum Gasteiger partial charge on any atom is 0.00947 e. The van der Waals surface area contributed by atoms with Gasteiger partial charge in [-0.05, 0) is 51.2 Å². The van der Waals surface area contributed by atoms with Crippen LogP contribution >= 0.6 is 0 Å². The van der Waals surface area contributed by atoms with Gasteiger partial charge in [0.2, 0.25) is 0 Å². The van der Waals surface area contributed by atoms with Crippen LogP contribution in [0.2, 0.25) is 0 Å². The third kappa shape index (κ3) is 4.42. The van der Waals surface area contributed by atoms with Crippen LogP contribution in [-0.2, 0) is 0 Å². The van der Waals surface area contributed by atoms with Gasteiger partial charge >= 0.3 is 0 Å². The van der Waals surface area contributed by atoms with Crippen LogP contribution in [0, 0.1) is 11.8 Å². The summed E-state index contributed by atoms with van der Waals surface area (Å²) < 4.78 is 0. The van der Waals surface area contributed by atoms with Crippen LogP contribution in [0.5, 0.6) is 0 Å². The van der Waals surface area contributed by atoms with E-state index in [4.69, 9.17) is 5.73 Å². The Morgan fingerprint density at radius 1 is 1.38 bits per heavy atom. The predicted molar refractivity (Wildman–Crippen MR) is 71.5 cm³/mol. The molecule has 0 aliphatic heterocycles. The van der Waals surface area contributed by atoms with Crippen LogP contribution in [0.4, 0.5) is 0 Å². The van der Waals surface area contributed by atoms with Gasteiger partial charge in [0, 0.05) is 6.04 Å². The van der Waals surface area contributed by atoms with E-state index in [2.05, 4.69) is 25.8 Å². The Hall–Kier alpha value is -0.0800. The molecule has 0 spiro atoms. The van der Waals surface area contributed by atoms with E-state index in [0.29, 0.717) is 0 Å². The Morgan fingerprint density at radius 3 is 2.69 bits per heavy atom. The molecule has 0 aromatic rings. The van der Waals surface area contributed by atoms with Gasteiger partial charge in [0.15, 0.2) is 0 Å². The first-order chi connectivity index (χ1) is 7.67. The summed E-state index contributed by atoms with van der Waals surface area (Å²) in [6.07, 6.45) is 8.16. The zero-order valence-corrected chi connectivity index (χ0v) is 11.4. The lowest BCUT2D eigenvalue weighted by atomic mass is 9.86. The minimum atomic E-state index is 0.725. The van der Waals surface area contributed by atoms with Crippen molar-refractivity contribution in [3.05, 3.63) is 0 Å². The summed E-state index contributed by atoms with van der Waals surface area (Å²) in [5, 5.41) is 0. The molecule has 3 atom stereocenters. The second-order valence-corrected chi connectivity index (χ2v) is 5.70. The summed E-state index contributed by atoms with van der Waals surface area (Å²) in [6.45, 7) is 6.73. The minimum Gasteiger partial charge on any atom is -0.330 e. The molecule has 16 heavy (non-hydrogen) atoms. The maximum absolute atomic E-state index is 5.75. The number of nitrogens with zero attached hydrogens (tertiary/aromatic N) is 1. The number of hydrogen-bond donors (Lipinski definition) is 1. The van der Waals surface area contributed by atoms with Crippen LogP contribution in [0.3, 0.4) is 0 Å². The summed E-state index contributed by atoms with van der Waals surface area (Å²) in [7, 11) is 2.30. The third-order valence-electron chi connectivity index (χ3n) is 4.33. The van der Waals surface area contributed by atoms with Crippen LogP contribution in [-0.4, -0.2) is 31.1 Å². The van der Waals surface area contributed by atoms with Gasteiger partial charge < -0.3 is 10.6 Å². The largest absolute Gasteiger partial charge is 0.330 e. The average molecular weight is 226 g/mol. The van der Waals surface area contributed by atoms with Crippen molar-refractivity contribution < 1.29 is 0 Å². The molecular formula is C14H30N2.